The van der Waals surface area contributed by atoms with Gasteiger partial charge in [0.05, 0.1) is 6.10 Å². The van der Waals surface area contributed by atoms with Gasteiger partial charge in [0.15, 0.2) is 0 Å². The molecular weight excluding hydrogens is 158 g/mol. The summed E-state index contributed by atoms with van der Waals surface area (Å²) < 4.78 is 0. The van der Waals surface area contributed by atoms with Crippen LogP contribution in [-0.4, -0.2) is 21.9 Å². The van der Waals surface area contributed by atoms with Crippen LogP contribution < -0.4 is 5.73 Å². The lowest BCUT2D eigenvalue weighted by molar-refractivity contribution is 0.182. The van der Waals surface area contributed by atoms with Gasteiger partial charge in [-0.25, -0.2) is 0 Å². The first-order valence-electron chi connectivity index (χ1n) is 3.55. The van der Waals surface area contributed by atoms with Gasteiger partial charge in [-0.15, -0.1) is 0 Å². The van der Waals surface area contributed by atoms with E-state index in [0.29, 0.717) is 5.56 Å². The zero-order chi connectivity index (χ0) is 9.14. The summed E-state index contributed by atoms with van der Waals surface area (Å²) in [6.45, 7) is 0.0400. The van der Waals surface area contributed by atoms with Crippen molar-refractivity contribution in [1.29, 1.82) is 0 Å². The van der Waals surface area contributed by atoms with E-state index in [9.17, 15) is 10.2 Å². The van der Waals surface area contributed by atoms with Crippen molar-refractivity contribution in [3.05, 3.63) is 23.8 Å². The summed E-state index contributed by atoms with van der Waals surface area (Å²) in [6, 6.07) is 3.98. The average molecular weight is 169 g/mol. The minimum absolute atomic E-state index is 0.0400. The number of aliphatic hydroxyl groups excluding tert-OH is 1. The van der Waals surface area contributed by atoms with E-state index in [0.717, 1.165) is 6.07 Å². The largest absolute Gasteiger partial charge is 0.508 e. The van der Waals surface area contributed by atoms with E-state index < -0.39 is 6.10 Å². The maximum absolute atomic E-state index is 9.23. The Labute approximate surface area is 69.9 Å². The van der Waals surface area contributed by atoms with Crippen LogP contribution in [0.3, 0.4) is 0 Å². The first kappa shape index (κ1) is 8.83. The van der Waals surface area contributed by atoms with Crippen molar-refractivity contribution in [2.24, 2.45) is 5.73 Å². The lowest BCUT2D eigenvalue weighted by atomic mass is 10.1. The lowest BCUT2D eigenvalue weighted by Gasteiger charge is -2.09. The second-order valence-corrected chi connectivity index (χ2v) is 2.49. The van der Waals surface area contributed by atoms with Crippen LogP contribution in [0.1, 0.15) is 11.7 Å². The molecule has 0 aliphatic rings. The van der Waals surface area contributed by atoms with Gasteiger partial charge in [-0.2, -0.15) is 0 Å². The van der Waals surface area contributed by atoms with Gasteiger partial charge in [0, 0.05) is 18.2 Å². The van der Waals surface area contributed by atoms with Crippen molar-refractivity contribution >= 4 is 0 Å². The zero-order valence-electron chi connectivity index (χ0n) is 6.44. The summed E-state index contributed by atoms with van der Waals surface area (Å²) >= 11 is 0. The van der Waals surface area contributed by atoms with Crippen LogP contribution in [0.25, 0.3) is 0 Å². The maximum Gasteiger partial charge on any atom is 0.125 e. The molecule has 0 aliphatic heterocycles. The van der Waals surface area contributed by atoms with Crippen LogP contribution >= 0.6 is 0 Å². The monoisotopic (exact) mass is 169 g/mol. The second kappa shape index (κ2) is 3.42. The zero-order valence-corrected chi connectivity index (χ0v) is 6.44. The first-order chi connectivity index (χ1) is 5.65. The summed E-state index contributed by atoms with van der Waals surface area (Å²) in [7, 11) is 0. The molecule has 0 aromatic heterocycles. The van der Waals surface area contributed by atoms with Crippen LogP contribution in [-0.2, 0) is 0 Å². The van der Waals surface area contributed by atoms with E-state index in [1.165, 1.54) is 12.1 Å². The highest BCUT2D eigenvalue weighted by molar-refractivity contribution is 5.40. The average Bonchev–Trinajstić information content (AvgIpc) is 2.03. The van der Waals surface area contributed by atoms with Gasteiger partial charge in [-0.05, 0) is 12.1 Å². The number of phenols is 2. The molecule has 1 rings (SSSR count). The van der Waals surface area contributed by atoms with Crippen LogP contribution in [0.2, 0.25) is 0 Å². The number of benzene rings is 1. The molecule has 5 N–H and O–H groups in total. The Balaban J connectivity index is 3.01. The number of phenolic OH excluding ortho intramolecular Hbond substituents is 2. The molecule has 1 aromatic carbocycles. The highest BCUT2D eigenvalue weighted by Crippen LogP contribution is 2.27. The number of aromatic hydroxyl groups is 2. The number of nitrogens with two attached hydrogens (primary N) is 1. The van der Waals surface area contributed by atoms with Gasteiger partial charge in [-0.1, -0.05) is 0 Å². The van der Waals surface area contributed by atoms with Gasteiger partial charge < -0.3 is 21.1 Å². The molecule has 0 aliphatic carbocycles. The molecule has 0 saturated heterocycles. The van der Waals surface area contributed by atoms with E-state index >= 15 is 0 Å². The Morgan fingerprint density at radius 3 is 2.50 bits per heavy atom. The third-order valence-electron chi connectivity index (χ3n) is 1.60. The Morgan fingerprint density at radius 2 is 2.00 bits per heavy atom. The van der Waals surface area contributed by atoms with Crippen molar-refractivity contribution in [2.75, 3.05) is 6.54 Å². The van der Waals surface area contributed by atoms with Crippen molar-refractivity contribution < 1.29 is 15.3 Å². The lowest BCUT2D eigenvalue weighted by Crippen LogP contribution is -2.11. The molecule has 0 spiro atoms. The van der Waals surface area contributed by atoms with Crippen molar-refractivity contribution in [2.45, 2.75) is 6.10 Å². The van der Waals surface area contributed by atoms with Crippen LogP contribution in [0.15, 0.2) is 18.2 Å². The number of hydrogen-bond donors (Lipinski definition) is 4. The first-order valence-corrected chi connectivity index (χ1v) is 3.55. The standard InChI is InChI=1S/C8H11NO3/c9-4-8(12)6-2-1-5(10)3-7(6)11/h1-3,8,10-12H,4,9H2/t8-/m0/s1. The van der Waals surface area contributed by atoms with Crippen molar-refractivity contribution in [3.63, 3.8) is 0 Å². The summed E-state index contributed by atoms with van der Waals surface area (Å²) in [5, 5.41) is 27.4. The molecule has 0 unspecified atom stereocenters. The molecule has 0 amide bonds. The predicted octanol–water partition coefficient (Wildman–Crippen LogP) is 0.0899. The molecule has 12 heavy (non-hydrogen) atoms. The number of hydrogen-bond acceptors (Lipinski definition) is 4. The molecule has 0 bridgehead atoms. The molecule has 1 atom stereocenters. The van der Waals surface area contributed by atoms with Crippen LogP contribution in [0.4, 0.5) is 0 Å². The topological polar surface area (TPSA) is 86.7 Å². The van der Waals surface area contributed by atoms with Gasteiger partial charge in [-0.3, -0.25) is 0 Å². The fourth-order valence-electron chi connectivity index (χ4n) is 0.941. The van der Waals surface area contributed by atoms with Crippen LogP contribution in [0, 0.1) is 0 Å². The maximum atomic E-state index is 9.23. The molecule has 0 heterocycles. The third-order valence-corrected chi connectivity index (χ3v) is 1.60. The third kappa shape index (κ3) is 1.66. The minimum Gasteiger partial charge on any atom is -0.508 e. The highest BCUT2D eigenvalue weighted by Gasteiger charge is 2.10. The molecule has 66 valence electrons. The Bertz CT molecular complexity index is 275. The van der Waals surface area contributed by atoms with Gasteiger partial charge >= 0.3 is 0 Å². The normalized spacial score (nSPS) is 12.8. The van der Waals surface area contributed by atoms with Crippen LogP contribution in [0.5, 0.6) is 11.5 Å². The fourth-order valence-corrected chi connectivity index (χ4v) is 0.941. The number of aliphatic hydroxyl groups is 1. The molecule has 4 heteroatoms. The quantitative estimate of drug-likeness (QED) is 0.505. The molecule has 0 saturated carbocycles. The summed E-state index contributed by atoms with van der Waals surface area (Å²) in [4.78, 5) is 0. The van der Waals surface area contributed by atoms with E-state index in [1.807, 2.05) is 0 Å². The number of rotatable bonds is 2. The van der Waals surface area contributed by atoms with Gasteiger partial charge in [0.25, 0.3) is 0 Å². The van der Waals surface area contributed by atoms with Gasteiger partial charge in [0.1, 0.15) is 11.5 Å². The van der Waals surface area contributed by atoms with Crippen molar-refractivity contribution in [3.8, 4) is 11.5 Å². The fraction of sp³-hybridized carbons (Fsp3) is 0.250. The minimum atomic E-state index is -0.884. The van der Waals surface area contributed by atoms with Gasteiger partial charge in [0.2, 0.25) is 0 Å². The highest BCUT2D eigenvalue weighted by atomic mass is 16.3. The molecular formula is C8H11NO3. The summed E-state index contributed by atoms with van der Waals surface area (Å²) in [5.41, 5.74) is 5.52. The smallest absolute Gasteiger partial charge is 0.125 e. The molecule has 0 fully saturated rings. The summed E-state index contributed by atoms with van der Waals surface area (Å²) in [5.74, 6) is -0.187. The Kier molecular flexibility index (Phi) is 2.52. The van der Waals surface area contributed by atoms with E-state index in [4.69, 9.17) is 10.8 Å². The Hall–Kier alpha value is -1.26. The van der Waals surface area contributed by atoms with E-state index in [2.05, 4.69) is 0 Å². The van der Waals surface area contributed by atoms with E-state index in [1.54, 1.807) is 0 Å². The molecule has 4 nitrogen and oxygen atoms in total. The second-order valence-electron chi connectivity index (χ2n) is 2.49. The predicted molar refractivity (Wildman–Crippen MR) is 43.8 cm³/mol. The molecule has 0 radical (unpaired) electrons. The Morgan fingerprint density at radius 1 is 1.33 bits per heavy atom. The van der Waals surface area contributed by atoms with Crippen molar-refractivity contribution in [1.82, 2.24) is 0 Å². The SMILES string of the molecule is NC[C@H](O)c1ccc(O)cc1O. The van der Waals surface area contributed by atoms with E-state index in [-0.39, 0.29) is 18.0 Å². The molecule has 1 aromatic rings. The summed E-state index contributed by atoms with van der Waals surface area (Å²) in [6.07, 6.45) is -0.884.